The van der Waals surface area contributed by atoms with E-state index in [1.54, 1.807) is 0 Å². The van der Waals surface area contributed by atoms with E-state index >= 15 is 0 Å². The summed E-state index contributed by atoms with van der Waals surface area (Å²) in [5.41, 5.74) is 0. The molecule has 5 atom stereocenters. The van der Waals surface area contributed by atoms with Gasteiger partial charge in [0, 0.05) is 19.3 Å². The highest BCUT2D eigenvalue weighted by atomic mass is 31.2. The van der Waals surface area contributed by atoms with Gasteiger partial charge in [-0.15, -0.1) is 0 Å². The molecule has 0 aromatic heterocycles. The van der Waals surface area contributed by atoms with E-state index in [0.717, 1.165) is 161 Å². The maximum Gasteiger partial charge on any atom is 0.472 e. The molecule has 0 amide bonds. The molecule has 18 heteroatoms. The number of esters is 3. The Balaban J connectivity index is 4.54. The van der Waals surface area contributed by atoms with Gasteiger partial charge in [-0.3, -0.25) is 32.5 Å². The molecule has 87 heavy (non-hydrogen) atoms. The van der Waals surface area contributed by atoms with E-state index in [2.05, 4.69) is 130 Å². The van der Waals surface area contributed by atoms with E-state index in [-0.39, 0.29) is 19.3 Å². The van der Waals surface area contributed by atoms with Crippen LogP contribution >= 0.6 is 15.6 Å². The summed E-state index contributed by atoms with van der Waals surface area (Å²) in [6.45, 7) is 2.42. The second kappa shape index (κ2) is 62.4. The number of carbonyl (C=O) groups excluding carboxylic acids is 3. The number of carbonyl (C=O) groups is 3. The average molecular weight is 1270 g/mol. The molecule has 0 aromatic carbocycles. The zero-order valence-corrected chi connectivity index (χ0v) is 55.7. The Bertz CT molecular complexity index is 2030. The number of aliphatic hydroxyl groups is 2. The first kappa shape index (κ1) is 83.2. The Morgan fingerprint density at radius 2 is 0.621 bits per heavy atom. The van der Waals surface area contributed by atoms with Crippen LogP contribution in [-0.2, 0) is 55.8 Å². The van der Waals surface area contributed by atoms with Crippen molar-refractivity contribution in [2.24, 2.45) is 0 Å². The summed E-state index contributed by atoms with van der Waals surface area (Å²) < 4.78 is 60.7. The molecule has 0 aliphatic heterocycles. The lowest BCUT2D eigenvalue weighted by Gasteiger charge is -2.21. The molecular weight excluding hydrogens is 1150 g/mol. The minimum atomic E-state index is -4.92. The van der Waals surface area contributed by atoms with Crippen molar-refractivity contribution >= 4 is 33.6 Å². The highest BCUT2D eigenvalue weighted by Gasteiger charge is 2.29. The second-order valence-electron chi connectivity index (χ2n) is 21.9. The fraction of sp³-hybridized carbons (Fsp3) is 0.696. The van der Waals surface area contributed by atoms with Gasteiger partial charge in [-0.05, 0) is 122 Å². The monoisotopic (exact) mass is 1260 g/mol. The first-order chi connectivity index (χ1) is 42.2. The van der Waals surface area contributed by atoms with E-state index in [9.17, 15) is 43.5 Å². The van der Waals surface area contributed by atoms with Gasteiger partial charge in [-0.1, -0.05) is 220 Å². The quantitative estimate of drug-likeness (QED) is 0.0146. The van der Waals surface area contributed by atoms with Crippen LogP contribution in [0.3, 0.4) is 0 Å². The lowest BCUT2D eigenvalue weighted by atomic mass is 10.1. The molecule has 0 rings (SSSR count). The molecule has 0 spiro atoms. The number of allylic oxidation sites excluding steroid dienone is 18. The van der Waals surface area contributed by atoms with E-state index in [1.807, 2.05) is 0 Å². The minimum Gasteiger partial charge on any atom is -0.463 e. The third kappa shape index (κ3) is 63.6. The van der Waals surface area contributed by atoms with Crippen molar-refractivity contribution < 1.29 is 75.8 Å². The fourth-order valence-corrected chi connectivity index (χ4v) is 9.93. The molecule has 0 aliphatic rings. The summed E-state index contributed by atoms with van der Waals surface area (Å²) in [6, 6.07) is 0. The molecule has 0 aromatic rings. The number of phosphoric ester groups is 2. The highest BCUT2D eigenvalue weighted by Crippen LogP contribution is 2.45. The second-order valence-corrected chi connectivity index (χ2v) is 24.8. The van der Waals surface area contributed by atoms with Crippen molar-refractivity contribution in [1.82, 2.24) is 0 Å². The van der Waals surface area contributed by atoms with Crippen LogP contribution in [0.15, 0.2) is 109 Å². The van der Waals surface area contributed by atoms with Crippen molar-refractivity contribution in [1.29, 1.82) is 0 Å². The molecular formula is C69H118O16P2. The van der Waals surface area contributed by atoms with Gasteiger partial charge in [0.2, 0.25) is 0 Å². The summed E-state index contributed by atoms with van der Waals surface area (Å²) in [7, 11) is -9.78. The summed E-state index contributed by atoms with van der Waals surface area (Å²) in [6.07, 6.45) is 68.7. The van der Waals surface area contributed by atoms with Crippen LogP contribution in [0, 0.1) is 0 Å². The van der Waals surface area contributed by atoms with E-state index in [0.29, 0.717) is 19.3 Å². The van der Waals surface area contributed by atoms with Gasteiger partial charge >= 0.3 is 33.6 Å². The molecule has 500 valence electrons. The van der Waals surface area contributed by atoms with E-state index in [1.165, 1.54) is 32.1 Å². The maximum atomic E-state index is 12.8. The summed E-state index contributed by atoms with van der Waals surface area (Å²) in [5.74, 6) is -1.62. The number of hydrogen-bond acceptors (Lipinski definition) is 14. The molecule has 16 nitrogen and oxygen atoms in total. The molecule has 0 fully saturated rings. The predicted molar refractivity (Wildman–Crippen MR) is 353 cm³/mol. The van der Waals surface area contributed by atoms with E-state index in [4.69, 9.17) is 32.3 Å². The third-order valence-corrected chi connectivity index (χ3v) is 15.4. The first-order valence-corrected chi connectivity index (χ1v) is 36.2. The molecule has 5 unspecified atom stereocenters. The summed E-state index contributed by atoms with van der Waals surface area (Å²) >= 11 is 0. The van der Waals surface area contributed by atoms with Crippen molar-refractivity contribution in [3.63, 3.8) is 0 Å². The number of phosphoric acid groups is 2. The maximum absolute atomic E-state index is 12.8. The van der Waals surface area contributed by atoms with Gasteiger partial charge < -0.3 is 34.2 Å². The SMILES string of the molecule is CC/C=C\C/C=C\C/C=C\C/C=C\C/C=C\C/C=C\CCCCCCCCC(=O)OCC(O)COP(=O)(O)OCC(O)COP(=O)(O)OCC(COC(=O)CCCCCCC/C=C\C/C=C\CCCCC)OC(=O)CCCCCCC/C=C\CCCC. The smallest absolute Gasteiger partial charge is 0.463 e. The van der Waals surface area contributed by atoms with Gasteiger partial charge in [0.1, 0.15) is 25.4 Å². The van der Waals surface area contributed by atoms with Gasteiger partial charge in [0.25, 0.3) is 0 Å². The van der Waals surface area contributed by atoms with Crippen LogP contribution < -0.4 is 0 Å². The number of unbranched alkanes of at least 4 members (excludes halogenated alkanes) is 21. The zero-order chi connectivity index (χ0) is 63.8. The van der Waals surface area contributed by atoms with Crippen LogP contribution in [0.25, 0.3) is 0 Å². The Morgan fingerprint density at radius 1 is 0.333 bits per heavy atom. The lowest BCUT2D eigenvalue weighted by molar-refractivity contribution is -0.161. The molecule has 0 saturated carbocycles. The molecule has 0 radical (unpaired) electrons. The third-order valence-electron chi connectivity index (χ3n) is 13.5. The van der Waals surface area contributed by atoms with E-state index < -0.39 is 91.5 Å². The van der Waals surface area contributed by atoms with Crippen LogP contribution in [0.5, 0.6) is 0 Å². The van der Waals surface area contributed by atoms with Crippen molar-refractivity contribution in [2.45, 2.75) is 270 Å². The van der Waals surface area contributed by atoms with Gasteiger partial charge in [0.05, 0.1) is 26.4 Å². The van der Waals surface area contributed by atoms with Crippen LogP contribution in [-0.4, -0.2) is 95.9 Å². The van der Waals surface area contributed by atoms with Crippen LogP contribution in [0.4, 0.5) is 0 Å². The molecule has 0 aliphatic carbocycles. The standard InChI is InChI=1S/C69H118O16P2/c1-4-7-10-13-16-19-22-24-26-27-28-29-30-31-32-33-34-35-37-39-41-43-46-49-52-55-67(72)79-58-64(70)59-81-86(75,76)82-60-65(71)61-83-87(77,78)84-63-66(85-69(74)57-54-51-48-45-40-21-18-15-12-9-6-3)62-80-68(73)56-53-50-47-44-42-38-36-25-23-20-17-14-11-8-5-2/h7,10,15-20,24-26,28-29,31-32,34-36,64-66,70-71H,4-6,8-9,11-14,21-23,27,30,33,37-63H2,1-3H3,(H,75,76)(H,77,78)/b10-7-,18-15-,19-16-,20-17-,26-24-,29-28-,32-31-,35-34-,36-25-. The highest BCUT2D eigenvalue weighted by molar-refractivity contribution is 7.47. The zero-order valence-electron chi connectivity index (χ0n) is 53.9. The molecule has 4 N–H and O–H groups in total. The van der Waals surface area contributed by atoms with Gasteiger partial charge in [-0.25, -0.2) is 9.13 Å². The van der Waals surface area contributed by atoms with Crippen molar-refractivity contribution in [2.75, 3.05) is 39.6 Å². The predicted octanol–water partition coefficient (Wildman–Crippen LogP) is 18.1. The average Bonchev–Trinajstić information content (AvgIpc) is 3.56. The lowest BCUT2D eigenvalue weighted by Crippen LogP contribution is -2.30. The minimum absolute atomic E-state index is 0.0897. The number of ether oxygens (including phenoxy) is 3. The largest absolute Gasteiger partial charge is 0.472 e. The molecule has 0 saturated heterocycles. The summed E-state index contributed by atoms with van der Waals surface area (Å²) in [5, 5.41) is 20.5. The first-order valence-electron chi connectivity index (χ1n) is 33.2. The van der Waals surface area contributed by atoms with Crippen LogP contribution in [0.1, 0.15) is 252 Å². The molecule has 0 heterocycles. The molecule has 0 bridgehead atoms. The Labute approximate surface area is 526 Å². The number of rotatable bonds is 62. The normalized spacial score (nSPS) is 15.0. The Hall–Kier alpha value is -3.79. The van der Waals surface area contributed by atoms with Crippen molar-refractivity contribution in [3.05, 3.63) is 109 Å². The van der Waals surface area contributed by atoms with Gasteiger partial charge in [-0.2, -0.15) is 0 Å². The Kier molecular flexibility index (Phi) is 59.7. The van der Waals surface area contributed by atoms with Crippen LogP contribution in [0.2, 0.25) is 0 Å². The topological polar surface area (TPSA) is 231 Å². The Morgan fingerprint density at radius 3 is 1.01 bits per heavy atom. The number of hydrogen-bond donors (Lipinski definition) is 4. The van der Waals surface area contributed by atoms with Crippen molar-refractivity contribution in [3.8, 4) is 0 Å². The number of aliphatic hydroxyl groups excluding tert-OH is 2. The summed E-state index contributed by atoms with van der Waals surface area (Å²) in [4.78, 5) is 58.2. The van der Waals surface area contributed by atoms with Gasteiger partial charge in [0.15, 0.2) is 6.10 Å². The fourth-order valence-electron chi connectivity index (χ4n) is 8.35.